The SMILES string of the molecule is C[C](C)c1cccc(C(F)F)c1. The minimum Gasteiger partial charge on any atom is -0.205 e. The van der Waals surface area contributed by atoms with E-state index < -0.39 is 6.43 Å². The van der Waals surface area contributed by atoms with E-state index in [4.69, 9.17) is 0 Å². The zero-order valence-electron chi connectivity index (χ0n) is 7.14. The Kier molecular flexibility index (Phi) is 2.79. The van der Waals surface area contributed by atoms with Gasteiger partial charge in [0, 0.05) is 5.56 Å². The van der Waals surface area contributed by atoms with Gasteiger partial charge in [0.2, 0.25) is 0 Å². The number of hydrogen-bond donors (Lipinski definition) is 0. The summed E-state index contributed by atoms with van der Waals surface area (Å²) >= 11 is 0. The van der Waals surface area contributed by atoms with Crippen LogP contribution in [0.5, 0.6) is 0 Å². The molecule has 0 atom stereocenters. The van der Waals surface area contributed by atoms with E-state index in [1.807, 2.05) is 19.9 Å². The van der Waals surface area contributed by atoms with Gasteiger partial charge in [0.25, 0.3) is 6.43 Å². The highest BCUT2D eigenvalue weighted by atomic mass is 19.3. The Morgan fingerprint density at radius 2 is 1.92 bits per heavy atom. The standard InChI is InChI=1S/C10H11F2/c1-7(2)8-4-3-5-9(6-8)10(11)12/h3-6,10H,1-2H3. The van der Waals surface area contributed by atoms with Gasteiger partial charge in [-0.3, -0.25) is 0 Å². The van der Waals surface area contributed by atoms with Gasteiger partial charge in [-0.2, -0.15) is 0 Å². The molecule has 1 rings (SSSR count). The van der Waals surface area contributed by atoms with Crippen molar-refractivity contribution in [1.29, 1.82) is 0 Å². The third kappa shape index (κ3) is 2.03. The molecule has 0 saturated carbocycles. The van der Waals surface area contributed by atoms with Crippen LogP contribution < -0.4 is 0 Å². The lowest BCUT2D eigenvalue weighted by Gasteiger charge is -2.06. The van der Waals surface area contributed by atoms with Crippen molar-refractivity contribution < 1.29 is 8.78 Å². The monoisotopic (exact) mass is 169 g/mol. The molecule has 0 fully saturated rings. The maximum Gasteiger partial charge on any atom is 0.263 e. The van der Waals surface area contributed by atoms with Crippen LogP contribution in [0.2, 0.25) is 0 Å². The first kappa shape index (κ1) is 9.17. The van der Waals surface area contributed by atoms with Crippen LogP contribution in [-0.4, -0.2) is 0 Å². The Hall–Kier alpha value is -0.920. The van der Waals surface area contributed by atoms with E-state index in [0.29, 0.717) is 0 Å². The zero-order chi connectivity index (χ0) is 9.14. The van der Waals surface area contributed by atoms with Gasteiger partial charge in [-0.15, -0.1) is 0 Å². The van der Waals surface area contributed by atoms with Gasteiger partial charge in [-0.1, -0.05) is 32.0 Å². The second kappa shape index (κ2) is 3.65. The third-order valence-electron chi connectivity index (χ3n) is 1.72. The van der Waals surface area contributed by atoms with Gasteiger partial charge in [0.15, 0.2) is 0 Å². The highest BCUT2D eigenvalue weighted by molar-refractivity contribution is 5.32. The van der Waals surface area contributed by atoms with Crippen molar-refractivity contribution in [2.45, 2.75) is 20.3 Å². The molecule has 0 N–H and O–H groups in total. The summed E-state index contributed by atoms with van der Waals surface area (Å²) in [7, 11) is 0. The van der Waals surface area contributed by atoms with E-state index in [1.54, 1.807) is 6.07 Å². The second-order valence-electron chi connectivity index (χ2n) is 2.93. The summed E-state index contributed by atoms with van der Waals surface area (Å²) in [5.74, 6) is 1.05. The van der Waals surface area contributed by atoms with Crippen LogP contribution >= 0.6 is 0 Å². The lowest BCUT2D eigenvalue weighted by Crippen LogP contribution is -1.91. The molecule has 0 amide bonds. The molecule has 2 heteroatoms. The van der Waals surface area contributed by atoms with Crippen LogP contribution in [0, 0.1) is 5.92 Å². The molecule has 0 aliphatic heterocycles. The van der Waals surface area contributed by atoms with Crippen LogP contribution in [0.25, 0.3) is 0 Å². The van der Waals surface area contributed by atoms with Gasteiger partial charge in [-0.25, -0.2) is 8.78 Å². The average molecular weight is 169 g/mol. The first-order valence-electron chi connectivity index (χ1n) is 3.80. The number of halogens is 2. The first-order chi connectivity index (χ1) is 5.61. The average Bonchev–Trinajstić information content (AvgIpc) is 2.04. The smallest absolute Gasteiger partial charge is 0.205 e. The summed E-state index contributed by atoms with van der Waals surface area (Å²) in [5.41, 5.74) is 0.974. The van der Waals surface area contributed by atoms with Gasteiger partial charge in [0.05, 0.1) is 0 Å². The summed E-state index contributed by atoms with van der Waals surface area (Å²) in [5, 5.41) is 0. The van der Waals surface area contributed by atoms with E-state index in [1.165, 1.54) is 12.1 Å². The summed E-state index contributed by atoms with van der Waals surface area (Å²) < 4.78 is 24.4. The Bertz CT molecular complexity index is 231. The molecule has 0 saturated heterocycles. The van der Waals surface area contributed by atoms with Crippen LogP contribution in [0.15, 0.2) is 24.3 Å². The summed E-state index contributed by atoms with van der Waals surface area (Å²) in [4.78, 5) is 0. The fraction of sp³-hybridized carbons (Fsp3) is 0.300. The number of alkyl halides is 2. The van der Waals surface area contributed by atoms with Gasteiger partial charge >= 0.3 is 0 Å². The Labute approximate surface area is 71.2 Å². The van der Waals surface area contributed by atoms with E-state index in [0.717, 1.165) is 11.5 Å². The van der Waals surface area contributed by atoms with Crippen molar-refractivity contribution in [2.24, 2.45) is 0 Å². The molecular formula is C10H11F2. The molecule has 0 heterocycles. The molecule has 0 bridgehead atoms. The number of hydrogen-bond acceptors (Lipinski definition) is 0. The topological polar surface area (TPSA) is 0 Å². The molecule has 1 radical (unpaired) electrons. The largest absolute Gasteiger partial charge is 0.263 e. The fourth-order valence-electron chi connectivity index (χ4n) is 0.985. The van der Waals surface area contributed by atoms with Crippen molar-refractivity contribution in [1.82, 2.24) is 0 Å². The molecule has 0 nitrogen and oxygen atoms in total. The quantitative estimate of drug-likeness (QED) is 0.634. The van der Waals surface area contributed by atoms with Crippen molar-refractivity contribution in [3.63, 3.8) is 0 Å². The molecule has 12 heavy (non-hydrogen) atoms. The lowest BCUT2D eigenvalue weighted by molar-refractivity contribution is 0.151. The van der Waals surface area contributed by atoms with Crippen LogP contribution in [0.3, 0.4) is 0 Å². The molecule has 0 aromatic heterocycles. The van der Waals surface area contributed by atoms with Crippen molar-refractivity contribution in [3.8, 4) is 0 Å². The maximum absolute atomic E-state index is 12.2. The van der Waals surface area contributed by atoms with E-state index >= 15 is 0 Å². The zero-order valence-corrected chi connectivity index (χ0v) is 7.14. The highest BCUT2D eigenvalue weighted by Gasteiger charge is 2.08. The van der Waals surface area contributed by atoms with Crippen molar-refractivity contribution >= 4 is 0 Å². The molecule has 1 aromatic carbocycles. The Balaban J connectivity index is 2.96. The molecule has 0 aliphatic rings. The van der Waals surface area contributed by atoms with Crippen molar-refractivity contribution in [3.05, 3.63) is 41.3 Å². The predicted molar refractivity (Wildman–Crippen MR) is 45.1 cm³/mol. The maximum atomic E-state index is 12.2. The van der Waals surface area contributed by atoms with Gasteiger partial charge in [-0.05, 0) is 17.5 Å². The lowest BCUT2D eigenvalue weighted by atomic mass is 10.0. The predicted octanol–water partition coefficient (Wildman–Crippen LogP) is 3.59. The van der Waals surface area contributed by atoms with Crippen LogP contribution in [0.4, 0.5) is 8.78 Å². The molecule has 65 valence electrons. The number of benzene rings is 1. The molecule has 0 spiro atoms. The van der Waals surface area contributed by atoms with E-state index in [2.05, 4.69) is 0 Å². The summed E-state index contributed by atoms with van der Waals surface area (Å²) in [6, 6.07) is 6.46. The number of rotatable bonds is 2. The molecule has 0 unspecified atom stereocenters. The normalized spacial score (nSPS) is 11.2. The highest BCUT2D eigenvalue weighted by Crippen LogP contribution is 2.22. The Morgan fingerprint density at radius 3 is 2.42 bits per heavy atom. The molecule has 1 aromatic rings. The van der Waals surface area contributed by atoms with E-state index in [-0.39, 0.29) is 5.56 Å². The fourth-order valence-corrected chi connectivity index (χ4v) is 0.985. The minimum atomic E-state index is -2.37. The second-order valence-corrected chi connectivity index (χ2v) is 2.93. The first-order valence-corrected chi connectivity index (χ1v) is 3.80. The van der Waals surface area contributed by atoms with Gasteiger partial charge in [0.1, 0.15) is 0 Å². The minimum absolute atomic E-state index is 0.0914. The molecule has 0 aliphatic carbocycles. The Morgan fingerprint density at radius 1 is 1.25 bits per heavy atom. The third-order valence-corrected chi connectivity index (χ3v) is 1.72. The van der Waals surface area contributed by atoms with Gasteiger partial charge < -0.3 is 0 Å². The summed E-state index contributed by atoms with van der Waals surface area (Å²) in [6.45, 7) is 3.81. The van der Waals surface area contributed by atoms with Crippen LogP contribution in [-0.2, 0) is 0 Å². The molecular weight excluding hydrogens is 158 g/mol. The van der Waals surface area contributed by atoms with Crippen LogP contribution in [0.1, 0.15) is 31.4 Å². The van der Waals surface area contributed by atoms with Crippen molar-refractivity contribution in [2.75, 3.05) is 0 Å². The summed E-state index contributed by atoms with van der Waals surface area (Å²) in [6.07, 6.45) is -2.37. The van der Waals surface area contributed by atoms with E-state index in [9.17, 15) is 8.78 Å².